The van der Waals surface area contributed by atoms with Gasteiger partial charge in [-0.1, -0.05) is 24.3 Å². The van der Waals surface area contributed by atoms with Gasteiger partial charge in [-0.25, -0.2) is 0 Å². The minimum Gasteiger partial charge on any atom is -0.362 e. The zero-order valence-corrected chi connectivity index (χ0v) is 8.16. The van der Waals surface area contributed by atoms with Crippen LogP contribution in [0, 0.1) is 0 Å². The Kier molecular flexibility index (Phi) is 1.57. The summed E-state index contributed by atoms with van der Waals surface area (Å²) in [5.74, 6) is -1.14. The summed E-state index contributed by atoms with van der Waals surface area (Å²) in [4.78, 5) is 0. The van der Waals surface area contributed by atoms with E-state index in [9.17, 15) is 5.11 Å². The number of ether oxygens (including phenoxy) is 1. The standard InChI is InChI=1S/C11H14O2/c1-10(2)8-6-4-5-7-9(8)11(3,12)13-10/h4-7,12H,1-3H3. The topological polar surface area (TPSA) is 29.5 Å². The van der Waals surface area contributed by atoms with Gasteiger partial charge in [0.1, 0.15) is 0 Å². The maximum absolute atomic E-state index is 9.96. The lowest BCUT2D eigenvalue weighted by atomic mass is 9.94. The molecule has 1 heterocycles. The molecule has 1 aromatic carbocycles. The number of rotatable bonds is 0. The van der Waals surface area contributed by atoms with E-state index < -0.39 is 5.79 Å². The zero-order valence-electron chi connectivity index (χ0n) is 8.16. The SMILES string of the molecule is CC1(C)OC(C)(O)c2ccccc21. The molecule has 1 aromatic rings. The van der Waals surface area contributed by atoms with Crippen LogP contribution in [0.1, 0.15) is 31.9 Å². The van der Waals surface area contributed by atoms with Gasteiger partial charge < -0.3 is 9.84 Å². The Labute approximate surface area is 78.2 Å². The molecule has 0 bridgehead atoms. The van der Waals surface area contributed by atoms with Crippen LogP contribution in [0.3, 0.4) is 0 Å². The third-order valence-corrected chi connectivity index (χ3v) is 2.53. The molecule has 1 aliphatic rings. The fourth-order valence-corrected chi connectivity index (χ4v) is 2.02. The highest BCUT2D eigenvalue weighted by atomic mass is 16.6. The van der Waals surface area contributed by atoms with Crippen LogP contribution in [0.5, 0.6) is 0 Å². The van der Waals surface area contributed by atoms with E-state index in [2.05, 4.69) is 0 Å². The molecule has 0 saturated carbocycles. The highest BCUT2D eigenvalue weighted by Gasteiger charge is 2.44. The van der Waals surface area contributed by atoms with E-state index in [1.807, 2.05) is 38.1 Å². The highest BCUT2D eigenvalue weighted by Crippen LogP contribution is 2.44. The Morgan fingerprint density at radius 3 is 2.15 bits per heavy atom. The smallest absolute Gasteiger partial charge is 0.190 e. The van der Waals surface area contributed by atoms with E-state index in [1.54, 1.807) is 6.92 Å². The second-order valence-electron chi connectivity index (χ2n) is 4.14. The van der Waals surface area contributed by atoms with E-state index in [0.717, 1.165) is 11.1 Å². The summed E-state index contributed by atoms with van der Waals surface area (Å²) in [7, 11) is 0. The average molecular weight is 178 g/mol. The largest absolute Gasteiger partial charge is 0.362 e. The van der Waals surface area contributed by atoms with E-state index >= 15 is 0 Å². The fraction of sp³-hybridized carbons (Fsp3) is 0.455. The van der Waals surface area contributed by atoms with Crippen LogP contribution in [0.15, 0.2) is 24.3 Å². The molecule has 1 atom stereocenters. The van der Waals surface area contributed by atoms with Crippen LogP contribution in [-0.2, 0) is 16.1 Å². The summed E-state index contributed by atoms with van der Waals surface area (Å²) >= 11 is 0. The Bertz CT molecular complexity index is 307. The number of hydrogen-bond acceptors (Lipinski definition) is 2. The van der Waals surface area contributed by atoms with E-state index in [4.69, 9.17) is 4.74 Å². The van der Waals surface area contributed by atoms with E-state index in [1.165, 1.54) is 0 Å². The Morgan fingerprint density at radius 1 is 1.08 bits per heavy atom. The van der Waals surface area contributed by atoms with Gasteiger partial charge in [-0.2, -0.15) is 0 Å². The van der Waals surface area contributed by atoms with Gasteiger partial charge in [-0.3, -0.25) is 0 Å². The highest BCUT2D eigenvalue weighted by molar-refractivity contribution is 5.38. The third-order valence-electron chi connectivity index (χ3n) is 2.53. The molecule has 2 rings (SSSR count). The molecule has 1 unspecified atom stereocenters. The number of hydrogen-bond donors (Lipinski definition) is 1. The van der Waals surface area contributed by atoms with Crippen molar-refractivity contribution in [3.05, 3.63) is 35.4 Å². The van der Waals surface area contributed by atoms with Crippen LogP contribution >= 0.6 is 0 Å². The van der Waals surface area contributed by atoms with Crippen molar-refractivity contribution in [3.63, 3.8) is 0 Å². The number of fused-ring (bicyclic) bond motifs is 1. The van der Waals surface area contributed by atoms with Gasteiger partial charge in [-0.15, -0.1) is 0 Å². The molecular formula is C11H14O2. The molecular weight excluding hydrogens is 164 g/mol. The zero-order chi connectivity index (χ0) is 9.69. The van der Waals surface area contributed by atoms with Crippen LogP contribution in [-0.4, -0.2) is 5.11 Å². The van der Waals surface area contributed by atoms with Crippen LogP contribution in [0.2, 0.25) is 0 Å². The van der Waals surface area contributed by atoms with Gasteiger partial charge in [0.05, 0.1) is 5.60 Å². The van der Waals surface area contributed by atoms with Gasteiger partial charge >= 0.3 is 0 Å². The Balaban J connectivity index is 2.64. The van der Waals surface area contributed by atoms with Crippen molar-refractivity contribution in [2.24, 2.45) is 0 Å². The molecule has 0 saturated heterocycles. The van der Waals surface area contributed by atoms with Crippen molar-refractivity contribution in [1.82, 2.24) is 0 Å². The molecule has 0 aliphatic carbocycles. The second-order valence-corrected chi connectivity index (χ2v) is 4.14. The molecule has 13 heavy (non-hydrogen) atoms. The van der Waals surface area contributed by atoms with Crippen LogP contribution in [0.4, 0.5) is 0 Å². The molecule has 2 heteroatoms. The van der Waals surface area contributed by atoms with E-state index in [0.29, 0.717) is 0 Å². The van der Waals surface area contributed by atoms with Crippen molar-refractivity contribution in [2.75, 3.05) is 0 Å². The van der Waals surface area contributed by atoms with Crippen molar-refractivity contribution >= 4 is 0 Å². The predicted molar refractivity (Wildman–Crippen MR) is 50.1 cm³/mol. The first-order valence-corrected chi connectivity index (χ1v) is 4.46. The molecule has 0 spiro atoms. The van der Waals surface area contributed by atoms with E-state index in [-0.39, 0.29) is 5.60 Å². The minimum atomic E-state index is -1.14. The molecule has 1 aliphatic heterocycles. The minimum absolute atomic E-state index is 0.389. The maximum atomic E-state index is 9.96. The lowest BCUT2D eigenvalue weighted by Gasteiger charge is -2.23. The fourth-order valence-electron chi connectivity index (χ4n) is 2.02. The van der Waals surface area contributed by atoms with Gasteiger partial charge in [-0.05, 0) is 26.3 Å². The second kappa shape index (κ2) is 2.34. The predicted octanol–water partition coefficient (Wildman–Crippen LogP) is 2.12. The quantitative estimate of drug-likeness (QED) is 0.659. The summed E-state index contributed by atoms with van der Waals surface area (Å²) in [5, 5.41) is 9.96. The van der Waals surface area contributed by atoms with Crippen LogP contribution < -0.4 is 0 Å². The first kappa shape index (κ1) is 8.73. The molecule has 2 nitrogen and oxygen atoms in total. The lowest BCUT2D eigenvalue weighted by Crippen LogP contribution is -2.25. The van der Waals surface area contributed by atoms with Crippen LogP contribution in [0.25, 0.3) is 0 Å². The lowest BCUT2D eigenvalue weighted by molar-refractivity contribution is -0.237. The summed E-state index contributed by atoms with van der Waals surface area (Å²) < 4.78 is 5.56. The maximum Gasteiger partial charge on any atom is 0.190 e. The Hall–Kier alpha value is -0.860. The summed E-state index contributed by atoms with van der Waals surface area (Å²) in [6.07, 6.45) is 0. The summed E-state index contributed by atoms with van der Waals surface area (Å²) in [6, 6.07) is 7.78. The normalized spacial score (nSPS) is 30.2. The van der Waals surface area contributed by atoms with Crippen molar-refractivity contribution in [1.29, 1.82) is 0 Å². The first-order valence-electron chi connectivity index (χ1n) is 4.46. The van der Waals surface area contributed by atoms with Gasteiger partial charge in [0, 0.05) is 5.56 Å². The van der Waals surface area contributed by atoms with Gasteiger partial charge in [0.15, 0.2) is 5.79 Å². The third kappa shape index (κ3) is 1.18. The monoisotopic (exact) mass is 178 g/mol. The van der Waals surface area contributed by atoms with Crippen molar-refractivity contribution in [3.8, 4) is 0 Å². The molecule has 0 aromatic heterocycles. The summed E-state index contributed by atoms with van der Waals surface area (Å²) in [6.45, 7) is 5.61. The molecule has 0 fully saturated rings. The van der Waals surface area contributed by atoms with Gasteiger partial charge in [0.2, 0.25) is 0 Å². The molecule has 1 N–H and O–H groups in total. The Morgan fingerprint density at radius 2 is 1.62 bits per heavy atom. The van der Waals surface area contributed by atoms with Crippen molar-refractivity contribution in [2.45, 2.75) is 32.2 Å². The number of benzene rings is 1. The summed E-state index contributed by atoms with van der Waals surface area (Å²) in [5.41, 5.74) is 1.56. The average Bonchev–Trinajstić information content (AvgIpc) is 2.20. The van der Waals surface area contributed by atoms with Gasteiger partial charge in [0.25, 0.3) is 0 Å². The molecule has 0 amide bonds. The molecule has 70 valence electrons. The van der Waals surface area contributed by atoms with Crippen molar-refractivity contribution < 1.29 is 9.84 Å². The number of aliphatic hydroxyl groups is 1. The first-order chi connectivity index (χ1) is 5.93. The molecule has 0 radical (unpaired) electrons.